The Bertz CT molecular complexity index is 654. The summed E-state index contributed by atoms with van der Waals surface area (Å²) in [6.45, 7) is 0.752. The van der Waals surface area contributed by atoms with Crippen molar-refractivity contribution in [2.75, 3.05) is 7.05 Å². The van der Waals surface area contributed by atoms with Crippen molar-refractivity contribution < 1.29 is 0 Å². The minimum absolute atomic E-state index is 0.665. The molecule has 1 saturated carbocycles. The highest BCUT2D eigenvalue weighted by molar-refractivity contribution is 7.71. The highest BCUT2D eigenvalue weighted by Gasteiger charge is 2.20. The smallest absolute Gasteiger partial charge is 0.199 e. The SMILES string of the molecule is CN(Cn1nc(-c2ccncc2)n(C)c1=S)C1CCCC1. The van der Waals surface area contributed by atoms with E-state index in [1.807, 2.05) is 28.4 Å². The summed E-state index contributed by atoms with van der Waals surface area (Å²) in [6, 6.07) is 4.59. The van der Waals surface area contributed by atoms with Crippen molar-refractivity contribution in [2.24, 2.45) is 7.05 Å². The van der Waals surface area contributed by atoms with Crippen LogP contribution in [0.2, 0.25) is 0 Å². The van der Waals surface area contributed by atoms with Gasteiger partial charge in [0.15, 0.2) is 10.6 Å². The lowest BCUT2D eigenvalue weighted by Gasteiger charge is -2.23. The van der Waals surface area contributed by atoms with E-state index in [-0.39, 0.29) is 0 Å². The Hall–Kier alpha value is -1.53. The van der Waals surface area contributed by atoms with E-state index in [1.54, 1.807) is 12.4 Å². The maximum absolute atomic E-state index is 5.53. The molecular formula is C15H21N5S. The zero-order chi connectivity index (χ0) is 14.8. The third kappa shape index (κ3) is 2.91. The first-order valence-corrected chi connectivity index (χ1v) is 7.82. The van der Waals surface area contributed by atoms with Gasteiger partial charge in [-0.3, -0.25) is 9.88 Å². The van der Waals surface area contributed by atoms with E-state index >= 15 is 0 Å². The fraction of sp³-hybridized carbons (Fsp3) is 0.533. The topological polar surface area (TPSA) is 38.9 Å². The maximum Gasteiger partial charge on any atom is 0.199 e. The number of nitrogens with zero attached hydrogens (tertiary/aromatic N) is 5. The van der Waals surface area contributed by atoms with E-state index in [9.17, 15) is 0 Å². The van der Waals surface area contributed by atoms with Gasteiger partial charge in [0.2, 0.25) is 0 Å². The Kier molecular flexibility index (Phi) is 4.17. The van der Waals surface area contributed by atoms with E-state index < -0.39 is 0 Å². The van der Waals surface area contributed by atoms with Gasteiger partial charge in [0.25, 0.3) is 0 Å². The Morgan fingerprint density at radius 2 is 1.95 bits per heavy atom. The molecule has 0 unspecified atom stereocenters. The van der Waals surface area contributed by atoms with Crippen LogP contribution in [0.15, 0.2) is 24.5 Å². The van der Waals surface area contributed by atoms with E-state index in [0.29, 0.717) is 6.04 Å². The van der Waals surface area contributed by atoms with E-state index in [2.05, 4.69) is 16.9 Å². The second-order valence-corrected chi connectivity index (χ2v) is 6.10. The predicted molar refractivity (Wildman–Crippen MR) is 85.3 cm³/mol. The van der Waals surface area contributed by atoms with Gasteiger partial charge in [-0.15, -0.1) is 0 Å². The molecule has 1 fully saturated rings. The van der Waals surface area contributed by atoms with Crippen LogP contribution in [0.1, 0.15) is 25.7 Å². The van der Waals surface area contributed by atoms with Crippen LogP contribution in [0.5, 0.6) is 0 Å². The van der Waals surface area contributed by atoms with Crippen molar-refractivity contribution in [1.82, 2.24) is 24.2 Å². The molecule has 2 aromatic rings. The van der Waals surface area contributed by atoms with Crippen LogP contribution in [0.3, 0.4) is 0 Å². The monoisotopic (exact) mass is 303 g/mol. The average Bonchev–Trinajstić information content (AvgIpc) is 3.13. The van der Waals surface area contributed by atoms with Gasteiger partial charge < -0.3 is 4.57 Å². The van der Waals surface area contributed by atoms with Gasteiger partial charge in [0.05, 0.1) is 6.67 Å². The summed E-state index contributed by atoms with van der Waals surface area (Å²) in [5.41, 5.74) is 1.04. The van der Waals surface area contributed by atoms with Gasteiger partial charge in [0, 0.05) is 31.0 Å². The summed E-state index contributed by atoms with van der Waals surface area (Å²) in [5.74, 6) is 0.891. The number of aromatic nitrogens is 4. The van der Waals surface area contributed by atoms with Crippen LogP contribution in [-0.4, -0.2) is 37.3 Å². The fourth-order valence-corrected chi connectivity index (χ4v) is 3.19. The first-order chi connectivity index (χ1) is 10.2. The lowest BCUT2D eigenvalue weighted by molar-refractivity contribution is 0.184. The molecule has 0 radical (unpaired) electrons. The third-order valence-electron chi connectivity index (χ3n) is 4.28. The summed E-state index contributed by atoms with van der Waals surface area (Å²) in [7, 11) is 4.13. The standard InChI is InChI=1S/C15H21N5S/c1-18(13-5-3-4-6-13)11-20-15(21)19(2)14(17-20)12-7-9-16-10-8-12/h7-10,13H,3-6,11H2,1-2H3. The predicted octanol–water partition coefficient (Wildman–Crippen LogP) is 2.84. The molecule has 5 nitrogen and oxygen atoms in total. The third-order valence-corrected chi connectivity index (χ3v) is 4.77. The molecule has 1 aliphatic carbocycles. The van der Waals surface area contributed by atoms with Crippen LogP contribution in [0.4, 0.5) is 0 Å². The molecule has 21 heavy (non-hydrogen) atoms. The van der Waals surface area contributed by atoms with Gasteiger partial charge in [-0.2, -0.15) is 5.10 Å². The number of hydrogen-bond acceptors (Lipinski definition) is 4. The van der Waals surface area contributed by atoms with Crippen molar-refractivity contribution in [1.29, 1.82) is 0 Å². The van der Waals surface area contributed by atoms with Gasteiger partial charge >= 0.3 is 0 Å². The molecule has 0 amide bonds. The first kappa shape index (κ1) is 14.4. The first-order valence-electron chi connectivity index (χ1n) is 7.41. The second kappa shape index (κ2) is 6.07. The number of rotatable bonds is 4. The summed E-state index contributed by atoms with van der Waals surface area (Å²) in [6.07, 6.45) is 8.81. The second-order valence-electron chi connectivity index (χ2n) is 5.74. The fourth-order valence-electron chi connectivity index (χ4n) is 3.00. The molecule has 1 aliphatic rings. The summed E-state index contributed by atoms with van der Waals surface area (Å²) in [5, 5.41) is 4.70. The molecular weight excluding hydrogens is 282 g/mol. The van der Waals surface area contributed by atoms with Crippen LogP contribution >= 0.6 is 12.2 Å². The lowest BCUT2D eigenvalue weighted by Crippen LogP contribution is -2.31. The molecule has 112 valence electrons. The van der Waals surface area contributed by atoms with Gasteiger partial charge in [-0.05, 0) is 44.2 Å². The average molecular weight is 303 g/mol. The van der Waals surface area contributed by atoms with Gasteiger partial charge in [-0.25, -0.2) is 4.68 Å². The van der Waals surface area contributed by atoms with E-state index in [1.165, 1.54) is 25.7 Å². The largest absolute Gasteiger partial charge is 0.303 e. The van der Waals surface area contributed by atoms with E-state index in [0.717, 1.165) is 22.8 Å². The molecule has 0 bridgehead atoms. The zero-order valence-corrected chi connectivity index (χ0v) is 13.4. The quantitative estimate of drug-likeness (QED) is 0.814. The molecule has 2 heterocycles. The zero-order valence-electron chi connectivity index (χ0n) is 12.6. The summed E-state index contributed by atoms with van der Waals surface area (Å²) in [4.78, 5) is 6.42. The molecule has 0 aromatic carbocycles. The lowest BCUT2D eigenvalue weighted by atomic mass is 10.2. The normalized spacial score (nSPS) is 16.0. The van der Waals surface area contributed by atoms with E-state index in [4.69, 9.17) is 17.3 Å². The summed E-state index contributed by atoms with van der Waals surface area (Å²) >= 11 is 5.53. The Morgan fingerprint density at radius 3 is 2.62 bits per heavy atom. The highest BCUT2D eigenvalue weighted by atomic mass is 32.1. The van der Waals surface area contributed by atoms with Crippen molar-refractivity contribution in [3.05, 3.63) is 29.3 Å². The van der Waals surface area contributed by atoms with Crippen molar-refractivity contribution in [3.63, 3.8) is 0 Å². The summed E-state index contributed by atoms with van der Waals surface area (Å²) < 4.78 is 4.64. The Balaban J connectivity index is 1.85. The van der Waals surface area contributed by atoms with Crippen LogP contribution in [0, 0.1) is 4.77 Å². The Labute approximate surface area is 130 Å². The molecule has 0 N–H and O–H groups in total. The van der Waals surface area contributed by atoms with Crippen molar-refractivity contribution >= 4 is 12.2 Å². The molecule has 0 saturated heterocycles. The maximum atomic E-state index is 5.53. The van der Waals surface area contributed by atoms with Gasteiger partial charge in [0.1, 0.15) is 0 Å². The van der Waals surface area contributed by atoms with Crippen LogP contribution in [-0.2, 0) is 13.7 Å². The number of pyridine rings is 1. The minimum atomic E-state index is 0.665. The van der Waals surface area contributed by atoms with Gasteiger partial charge in [-0.1, -0.05) is 12.8 Å². The molecule has 0 atom stereocenters. The van der Waals surface area contributed by atoms with Crippen LogP contribution < -0.4 is 0 Å². The molecule has 2 aromatic heterocycles. The van der Waals surface area contributed by atoms with Crippen molar-refractivity contribution in [2.45, 2.75) is 38.4 Å². The molecule has 3 rings (SSSR count). The Morgan fingerprint density at radius 1 is 1.29 bits per heavy atom. The molecule has 0 aliphatic heterocycles. The molecule has 0 spiro atoms. The van der Waals surface area contributed by atoms with Crippen LogP contribution in [0.25, 0.3) is 11.4 Å². The molecule has 6 heteroatoms. The van der Waals surface area contributed by atoms with Crippen molar-refractivity contribution in [3.8, 4) is 11.4 Å². The minimum Gasteiger partial charge on any atom is -0.303 e. The number of hydrogen-bond donors (Lipinski definition) is 0. The highest BCUT2D eigenvalue weighted by Crippen LogP contribution is 2.23.